The van der Waals surface area contributed by atoms with Crippen LogP contribution in [0.25, 0.3) is 0 Å². The van der Waals surface area contributed by atoms with Crippen LogP contribution in [0.1, 0.15) is 47.5 Å². The smallest absolute Gasteiger partial charge is 0.407 e. The van der Waals surface area contributed by atoms with E-state index in [4.69, 9.17) is 21.1 Å². The molecule has 0 spiro atoms. The second kappa shape index (κ2) is 9.06. The van der Waals surface area contributed by atoms with Crippen molar-refractivity contribution in [1.29, 1.82) is 0 Å². The second-order valence-corrected chi connectivity index (χ2v) is 6.43. The number of ether oxygens (including phenoxy) is 2. The molecule has 1 amide bonds. The molecule has 1 N–H and O–H groups in total. The Morgan fingerprint density at radius 3 is 2.30 bits per heavy atom. The van der Waals surface area contributed by atoms with Crippen molar-refractivity contribution < 1.29 is 19.1 Å². The van der Waals surface area contributed by atoms with E-state index in [1.54, 1.807) is 20.8 Å². The van der Waals surface area contributed by atoms with E-state index in [0.717, 1.165) is 6.42 Å². The Kier molecular flexibility index (Phi) is 8.62. The predicted octanol–water partition coefficient (Wildman–Crippen LogP) is 3.30. The Hall–Kier alpha value is -0.970. The Morgan fingerprint density at radius 1 is 1.25 bits per heavy atom. The van der Waals surface area contributed by atoms with Gasteiger partial charge in [-0.3, -0.25) is 4.79 Å². The monoisotopic (exact) mass is 307 g/mol. The quantitative estimate of drug-likeness (QED) is 0.579. The summed E-state index contributed by atoms with van der Waals surface area (Å²) in [7, 11) is 0. The van der Waals surface area contributed by atoms with Gasteiger partial charge >= 0.3 is 12.1 Å². The van der Waals surface area contributed by atoms with Gasteiger partial charge in [-0.25, -0.2) is 4.79 Å². The van der Waals surface area contributed by atoms with Crippen LogP contribution in [0.5, 0.6) is 0 Å². The number of halogens is 1. The van der Waals surface area contributed by atoms with Gasteiger partial charge in [0.05, 0.1) is 6.42 Å². The molecule has 0 unspecified atom stereocenters. The molecule has 0 saturated carbocycles. The van der Waals surface area contributed by atoms with Crippen molar-refractivity contribution in [2.45, 2.75) is 53.1 Å². The molecule has 0 aromatic carbocycles. The number of alkyl halides is 1. The van der Waals surface area contributed by atoms with Crippen molar-refractivity contribution in [3.63, 3.8) is 0 Å². The molecule has 0 radical (unpaired) electrons. The molecule has 0 aliphatic carbocycles. The van der Waals surface area contributed by atoms with Gasteiger partial charge in [0.25, 0.3) is 0 Å². The van der Waals surface area contributed by atoms with E-state index in [0.29, 0.717) is 12.5 Å². The number of rotatable bonds is 7. The zero-order valence-electron chi connectivity index (χ0n) is 13.0. The highest BCUT2D eigenvalue weighted by atomic mass is 35.5. The van der Waals surface area contributed by atoms with Gasteiger partial charge in [0.15, 0.2) is 6.07 Å². The highest BCUT2D eigenvalue weighted by Crippen LogP contribution is 2.16. The van der Waals surface area contributed by atoms with Crippen LogP contribution in [0.15, 0.2) is 0 Å². The third-order valence-corrected chi connectivity index (χ3v) is 2.52. The molecule has 5 nitrogen and oxygen atoms in total. The lowest BCUT2D eigenvalue weighted by Gasteiger charge is -2.22. The Morgan fingerprint density at radius 2 is 1.85 bits per heavy atom. The molecule has 0 saturated heterocycles. The lowest BCUT2D eigenvalue weighted by atomic mass is 9.94. The zero-order chi connectivity index (χ0) is 15.8. The van der Waals surface area contributed by atoms with E-state index < -0.39 is 11.7 Å². The average molecular weight is 308 g/mol. The molecule has 20 heavy (non-hydrogen) atoms. The van der Waals surface area contributed by atoms with Crippen LogP contribution in [0.3, 0.4) is 0 Å². The summed E-state index contributed by atoms with van der Waals surface area (Å²) >= 11 is 5.35. The molecule has 6 heteroatoms. The first kappa shape index (κ1) is 19.0. The number of esters is 1. The van der Waals surface area contributed by atoms with Crippen LogP contribution in [0.2, 0.25) is 0 Å². The Balaban J connectivity index is 4.29. The molecule has 0 aliphatic heterocycles. The van der Waals surface area contributed by atoms with E-state index in [1.807, 2.05) is 0 Å². The van der Waals surface area contributed by atoms with Crippen LogP contribution in [0, 0.1) is 11.8 Å². The SMILES string of the molecule is CC(C)C[C@H](CNC(=O)OC(C)(C)C)CC(=O)OCCl. The number of carbonyl (C=O) groups is 2. The minimum absolute atomic E-state index is 0.0123. The average Bonchev–Trinajstić information content (AvgIpc) is 2.23. The van der Waals surface area contributed by atoms with Crippen LogP contribution >= 0.6 is 11.6 Å². The second-order valence-electron chi connectivity index (χ2n) is 6.21. The third kappa shape index (κ3) is 10.9. The molecule has 0 aromatic rings. The standard InChI is InChI=1S/C14H26ClNO4/c1-10(2)6-11(7-12(17)19-9-15)8-16-13(18)20-14(3,4)5/h10-11H,6-9H2,1-5H3,(H,16,18)/t11-/m0/s1. The fourth-order valence-corrected chi connectivity index (χ4v) is 1.92. The summed E-state index contributed by atoms with van der Waals surface area (Å²) in [5, 5.41) is 2.69. The minimum atomic E-state index is -0.533. The maximum absolute atomic E-state index is 11.6. The minimum Gasteiger partial charge on any atom is -0.449 e. The summed E-state index contributed by atoms with van der Waals surface area (Å²) in [6.07, 6.45) is 0.574. The largest absolute Gasteiger partial charge is 0.449 e. The van der Waals surface area contributed by atoms with E-state index in [2.05, 4.69) is 19.2 Å². The number of alkyl carbamates (subject to hydrolysis) is 1. The van der Waals surface area contributed by atoms with Crippen LogP contribution < -0.4 is 5.32 Å². The van der Waals surface area contributed by atoms with E-state index in [-0.39, 0.29) is 24.4 Å². The molecule has 0 bridgehead atoms. The number of amides is 1. The fourth-order valence-electron chi connectivity index (χ4n) is 1.80. The molecule has 0 aromatic heterocycles. The van der Waals surface area contributed by atoms with Crippen LogP contribution in [0.4, 0.5) is 4.79 Å². The normalized spacial score (nSPS) is 12.9. The Bertz CT molecular complexity index is 313. The summed E-state index contributed by atoms with van der Waals surface area (Å²) < 4.78 is 9.88. The number of carbonyl (C=O) groups excluding carboxylic acids is 2. The van der Waals surface area contributed by atoms with E-state index >= 15 is 0 Å². The van der Waals surface area contributed by atoms with Gasteiger partial charge in [-0.15, -0.1) is 0 Å². The molecule has 0 aliphatic rings. The van der Waals surface area contributed by atoms with Gasteiger partial charge in [-0.2, -0.15) is 0 Å². The topological polar surface area (TPSA) is 64.6 Å². The van der Waals surface area contributed by atoms with Crippen molar-refractivity contribution in [3.05, 3.63) is 0 Å². The van der Waals surface area contributed by atoms with Crippen molar-refractivity contribution in [2.24, 2.45) is 11.8 Å². The summed E-state index contributed by atoms with van der Waals surface area (Å²) in [5.74, 6) is 0.0825. The first-order chi connectivity index (χ1) is 9.14. The number of hydrogen-bond donors (Lipinski definition) is 1. The van der Waals surface area contributed by atoms with Crippen LogP contribution in [-0.2, 0) is 14.3 Å². The van der Waals surface area contributed by atoms with Gasteiger partial charge in [0.1, 0.15) is 5.60 Å². The number of hydrogen-bond acceptors (Lipinski definition) is 4. The fraction of sp³-hybridized carbons (Fsp3) is 0.857. The highest BCUT2D eigenvalue weighted by Gasteiger charge is 2.20. The van der Waals surface area contributed by atoms with Crippen molar-refractivity contribution in [3.8, 4) is 0 Å². The van der Waals surface area contributed by atoms with Crippen LogP contribution in [-0.4, -0.2) is 30.3 Å². The summed E-state index contributed by atoms with van der Waals surface area (Å²) in [6.45, 7) is 9.91. The first-order valence-corrected chi connectivity index (χ1v) is 7.36. The molecule has 0 heterocycles. The Labute approximate surface area is 126 Å². The summed E-state index contributed by atoms with van der Waals surface area (Å²) in [5.41, 5.74) is -0.533. The summed E-state index contributed by atoms with van der Waals surface area (Å²) in [4.78, 5) is 23.0. The summed E-state index contributed by atoms with van der Waals surface area (Å²) in [6, 6.07) is -0.146. The molecular formula is C14H26ClNO4. The highest BCUT2D eigenvalue weighted by molar-refractivity contribution is 6.17. The van der Waals surface area contributed by atoms with Gasteiger partial charge in [0, 0.05) is 6.54 Å². The van der Waals surface area contributed by atoms with E-state index in [9.17, 15) is 9.59 Å². The molecule has 0 fully saturated rings. The first-order valence-electron chi connectivity index (χ1n) is 6.82. The molecule has 1 atom stereocenters. The van der Waals surface area contributed by atoms with E-state index in [1.165, 1.54) is 0 Å². The van der Waals surface area contributed by atoms with Gasteiger partial charge < -0.3 is 14.8 Å². The third-order valence-electron chi connectivity index (χ3n) is 2.41. The van der Waals surface area contributed by atoms with Gasteiger partial charge in [-0.05, 0) is 39.0 Å². The van der Waals surface area contributed by atoms with Crippen molar-refractivity contribution in [2.75, 3.05) is 12.6 Å². The van der Waals surface area contributed by atoms with Gasteiger partial charge in [0.2, 0.25) is 0 Å². The molecule has 0 rings (SSSR count). The lowest BCUT2D eigenvalue weighted by Crippen LogP contribution is -2.36. The maximum Gasteiger partial charge on any atom is 0.407 e. The molecular weight excluding hydrogens is 282 g/mol. The zero-order valence-corrected chi connectivity index (χ0v) is 13.8. The lowest BCUT2D eigenvalue weighted by molar-refractivity contribution is -0.142. The van der Waals surface area contributed by atoms with Crippen molar-refractivity contribution >= 4 is 23.7 Å². The van der Waals surface area contributed by atoms with Crippen molar-refractivity contribution in [1.82, 2.24) is 5.32 Å². The van der Waals surface area contributed by atoms with Gasteiger partial charge in [-0.1, -0.05) is 25.4 Å². The number of nitrogens with one attached hydrogen (secondary N) is 1. The maximum atomic E-state index is 11.6. The molecule has 118 valence electrons. The predicted molar refractivity (Wildman–Crippen MR) is 78.6 cm³/mol.